The monoisotopic (exact) mass is 499 g/mol. The fourth-order valence-electron chi connectivity index (χ4n) is 4.44. The van der Waals surface area contributed by atoms with E-state index in [1.807, 2.05) is 67.4 Å². The van der Waals surface area contributed by atoms with Crippen LogP contribution >= 0.6 is 0 Å². The average molecular weight is 500 g/mol. The number of para-hydroxylation sites is 1. The molecule has 0 fully saturated rings. The van der Waals surface area contributed by atoms with Crippen molar-refractivity contribution in [1.82, 2.24) is 14.8 Å². The van der Waals surface area contributed by atoms with Gasteiger partial charge in [-0.3, -0.25) is 9.59 Å². The van der Waals surface area contributed by atoms with Crippen molar-refractivity contribution in [2.24, 2.45) is 0 Å². The van der Waals surface area contributed by atoms with Crippen LogP contribution in [0.1, 0.15) is 46.8 Å². The minimum Gasteiger partial charge on any atom is -0.361 e. The van der Waals surface area contributed by atoms with Crippen molar-refractivity contribution in [3.8, 4) is 0 Å². The molecule has 4 aromatic rings. The van der Waals surface area contributed by atoms with E-state index in [4.69, 9.17) is 0 Å². The summed E-state index contributed by atoms with van der Waals surface area (Å²) in [6.07, 6.45) is 4.38. The summed E-state index contributed by atoms with van der Waals surface area (Å²) in [6.45, 7) is 5.54. The van der Waals surface area contributed by atoms with Gasteiger partial charge in [0.15, 0.2) is 0 Å². The van der Waals surface area contributed by atoms with E-state index in [9.17, 15) is 14.0 Å². The summed E-state index contributed by atoms with van der Waals surface area (Å²) in [7, 11) is 0. The third-order valence-electron chi connectivity index (χ3n) is 6.66. The number of fused-ring (bicyclic) bond motifs is 1. The number of H-pyrrole nitrogens is 1. The molecule has 37 heavy (non-hydrogen) atoms. The SMILES string of the molecule is CCCCN(CC(=O)N(CCc1c[nH]c2ccccc12)Cc1ccc(C)cc1)C(=O)c1ccc(F)cc1. The number of aryl methyl sites for hydroxylation is 1. The molecule has 192 valence electrons. The maximum Gasteiger partial charge on any atom is 0.254 e. The van der Waals surface area contributed by atoms with E-state index in [0.717, 1.165) is 40.4 Å². The van der Waals surface area contributed by atoms with Crippen molar-refractivity contribution in [1.29, 1.82) is 0 Å². The van der Waals surface area contributed by atoms with Crippen molar-refractivity contribution in [2.45, 2.75) is 39.7 Å². The fourth-order valence-corrected chi connectivity index (χ4v) is 4.44. The Bertz CT molecular complexity index is 1330. The van der Waals surface area contributed by atoms with Gasteiger partial charge in [-0.1, -0.05) is 61.4 Å². The van der Waals surface area contributed by atoms with Gasteiger partial charge in [0, 0.05) is 42.3 Å². The molecule has 0 unspecified atom stereocenters. The predicted molar refractivity (Wildman–Crippen MR) is 146 cm³/mol. The highest BCUT2D eigenvalue weighted by atomic mass is 19.1. The summed E-state index contributed by atoms with van der Waals surface area (Å²) in [6, 6.07) is 21.8. The Morgan fingerprint density at radius 1 is 0.892 bits per heavy atom. The number of hydrogen-bond donors (Lipinski definition) is 1. The van der Waals surface area contributed by atoms with Gasteiger partial charge in [0.2, 0.25) is 5.91 Å². The Morgan fingerprint density at radius 3 is 2.35 bits per heavy atom. The molecule has 0 saturated heterocycles. The standard InChI is InChI=1S/C31H34FN3O2/c1-3-4-18-35(31(37)25-13-15-27(32)16-14-25)22-30(36)34(21-24-11-9-23(2)10-12-24)19-17-26-20-33-29-8-6-5-7-28(26)29/h5-16,20,33H,3-4,17-19,21-22H2,1-2H3. The molecule has 0 aliphatic carbocycles. The lowest BCUT2D eigenvalue weighted by Crippen LogP contribution is -2.43. The van der Waals surface area contributed by atoms with Crippen LogP contribution in [0.2, 0.25) is 0 Å². The van der Waals surface area contributed by atoms with E-state index < -0.39 is 5.82 Å². The summed E-state index contributed by atoms with van der Waals surface area (Å²) in [5.41, 5.74) is 4.82. The number of amides is 2. The van der Waals surface area contributed by atoms with Gasteiger partial charge in [-0.05, 0) is 61.2 Å². The number of rotatable bonds is 11. The highest BCUT2D eigenvalue weighted by molar-refractivity contribution is 5.96. The number of hydrogen-bond acceptors (Lipinski definition) is 2. The summed E-state index contributed by atoms with van der Waals surface area (Å²) < 4.78 is 13.4. The highest BCUT2D eigenvalue weighted by Gasteiger charge is 2.23. The van der Waals surface area contributed by atoms with Crippen LogP contribution in [0.15, 0.2) is 79.0 Å². The molecule has 0 bridgehead atoms. The van der Waals surface area contributed by atoms with Crippen LogP contribution in [0.25, 0.3) is 10.9 Å². The van der Waals surface area contributed by atoms with E-state index in [0.29, 0.717) is 31.6 Å². The van der Waals surface area contributed by atoms with E-state index >= 15 is 0 Å². The van der Waals surface area contributed by atoms with Gasteiger partial charge >= 0.3 is 0 Å². The molecule has 2 amide bonds. The van der Waals surface area contributed by atoms with Gasteiger partial charge in [0.05, 0.1) is 0 Å². The second-order valence-corrected chi connectivity index (χ2v) is 9.50. The molecule has 5 nitrogen and oxygen atoms in total. The van der Waals surface area contributed by atoms with Crippen LogP contribution in [0.5, 0.6) is 0 Å². The second kappa shape index (κ2) is 12.3. The van der Waals surface area contributed by atoms with Gasteiger partial charge in [-0.15, -0.1) is 0 Å². The maximum atomic E-state index is 13.7. The first kappa shape index (κ1) is 26.1. The highest BCUT2D eigenvalue weighted by Crippen LogP contribution is 2.19. The Balaban J connectivity index is 1.53. The zero-order valence-electron chi connectivity index (χ0n) is 21.5. The second-order valence-electron chi connectivity index (χ2n) is 9.50. The van der Waals surface area contributed by atoms with Crippen molar-refractivity contribution in [3.05, 3.63) is 107 Å². The number of nitrogens with zero attached hydrogens (tertiary/aromatic N) is 2. The first-order chi connectivity index (χ1) is 17.9. The van der Waals surface area contributed by atoms with Crippen molar-refractivity contribution in [2.75, 3.05) is 19.6 Å². The summed E-state index contributed by atoms with van der Waals surface area (Å²) >= 11 is 0. The molecule has 1 aromatic heterocycles. The lowest BCUT2D eigenvalue weighted by molar-refractivity contribution is -0.132. The number of nitrogens with one attached hydrogen (secondary N) is 1. The quantitative estimate of drug-likeness (QED) is 0.270. The molecule has 0 atom stereocenters. The minimum atomic E-state index is -0.394. The van der Waals surface area contributed by atoms with E-state index in [2.05, 4.69) is 11.1 Å². The molecule has 3 aromatic carbocycles. The lowest BCUT2D eigenvalue weighted by Gasteiger charge is -2.28. The molecule has 6 heteroatoms. The normalized spacial score (nSPS) is 11.0. The molecule has 0 aliphatic heterocycles. The van der Waals surface area contributed by atoms with Gasteiger partial charge in [0.1, 0.15) is 12.4 Å². The Hall–Kier alpha value is -3.93. The third kappa shape index (κ3) is 6.85. The molecule has 1 heterocycles. The molecular weight excluding hydrogens is 465 g/mol. The number of halogens is 1. The zero-order chi connectivity index (χ0) is 26.2. The van der Waals surface area contributed by atoms with Crippen LogP contribution in [0.4, 0.5) is 4.39 Å². The molecule has 0 aliphatic rings. The van der Waals surface area contributed by atoms with Gasteiger partial charge in [0.25, 0.3) is 5.91 Å². The van der Waals surface area contributed by atoms with Crippen LogP contribution in [0.3, 0.4) is 0 Å². The van der Waals surface area contributed by atoms with Crippen molar-refractivity contribution < 1.29 is 14.0 Å². The number of benzene rings is 3. The predicted octanol–water partition coefficient (Wildman–Crippen LogP) is 6.13. The van der Waals surface area contributed by atoms with Crippen LogP contribution in [-0.2, 0) is 17.8 Å². The summed E-state index contributed by atoms with van der Waals surface area (Å²) in [5.74, 6) is -0.755. The zero-order valence-corrected chi connectivity index (χ0v) is 21.5. The fraction of sp³-hybridized carbons (Fsp3) is 0.290. The molecule has 0 saturated carbocycles. The Labute approximate surface area is 217 Å². The molecule has 0 spiro atoms. The third-order valence-corrected chi connectivity index (χ3v) is 6.66. The first-order valence-corrected chi connectivity index (χ1v) is 12.9. The topological polar surface area (TPSA) is 56.4 Å². The van der Waals surface area contributed by atoms with Crippen LogP contribution in [0, 0.1) is 12.7 Å². The summed E-state index contributed by atoms with van der Waals surface area (Å²) in [5, 5.41) is 1.15. The van der Waals surface area contributed by atoms with E-state index in [-0.39, 0.29) is 18.4 Å². The van der Waals surface area contributed by atoms with E-state index in [1.165, 1.54) is 24.3 Å². The number of aromatic nitrogens is 1. The Morgan fingerprint density at radius 2 is 1.62 bits per heavy atom. The molecular formula is C31H34FN3O2. The molecule has 4 rings (SSSR count). The smallest absolute Gasteiger partial charge is 0.254 e. The number of carbonyl (C=O) groups excluding carboxylic acids is 2. The minimum absolute atomic E-state index is 0.0179. The van der Waals surface area contributed by atoms with Crippen molar-refractivity contribution in [3.63, 3.8) is 0 Å². The largest absolute Gasteiger partial charge is 0.361 e. The first-order valence-electron chi connectivity index (χ1n) is 12.9. The average Bonchev–Trinajstić information content (AvgIpc) is 3.33. The lowest BCUT2D eigenvalue weighted by atomic mass is 10.1. The van der Waals surface area contributed by atoms with Gasteiger partial charge in [-0.25, -0.2) is 4.39 Å². The summed E-state index contributed by atoms with van der Waals surface area (Å²) in [4.78, 5) is 33.6. The van der Waals surface area contributed by atoms with Crippen LogP contribution < -0.4 is 0 Å². The van der Waals surface area contributed by atoms with Crippen LogP contribution in [-0.4, -0.2) is 46.2 Å². The number of carbonyl (C=O) groups is 2. The van der Waals surface area contributed by atoms with Gasteiger partial charge < -0.3 is 14.8 Å². The molecule has 1 N–H and O–H groups in total. The Kier molecular flexibility index (Phi) is 8.72. The van der Waals surface area contributed by atoms with E-state index in [1.54, 1.807) is 4.90 Å². The number of aromatic amines is 1. The van der Waals surface area contributed by atoms with Gasteiger partial charge in [-0.2, -0.15) is 0 Å². The molecule has 0 radical (unpaired) electrons. The van der Waals surface area contributed by atoms with Crippen molar-refractivity contribution >= 4 is 22.7 Å². The maximum absolute atomic E-state index is 13.7. The number of unbranched alkanes of at least 4 members (excludes halogenated alkanes) is 1.